The van der Waals surface area contributed by atoms with E-state index < -0.39 is 5.38 Å². The molecule has 0 aliphatic rings. The number of methoxy groups -OCH3 is 1. The molecule has 0 aliphatic heterocycles. The van der Waals surface area contributed by atoms with Crippen molar-refractivity contribution in [3.8, 4) is 0 Å². The molecule has 1 aromatic carbocycles. The van der Waals surface area contributed by atoms with Gasteiger partial charge in [0.1, 0.15) is 0 Å². The van der Waals surface area contributed by atoms with Crippen LogP contribution in [0.5, 0.6) is 0 Å². The zero-order chi connectivity index (χ0) is 10.6. The lowest BCUT2D eigenvalue weighted by atomic mass is 10.1. The van der Waals surface area contributed by atoms with Gasteiger partial charge in [0.2, 0.25) is 0 Å². The van der Waals surface area contributed by atoms with Gasteiger partial charge in [0.25, 0.3) is 0 Å². The van der Waals surface area contributed by atoms with Gasteiger partial charge in [0.15, 0.2) is 0 Å². The smallest absolute Gasteiger partial charge is 0.307 e. The summed E-state index contributed by atoms with van der Waals surface area (Å²) in [5, 5.41) is 0.132. The minimum atomic E-state index is -0.434. The highest BCUT2D eigenvalue weighted by molar-refractivity contribution is 6.32. The van der Waals surface area contributed by atoms with E-state index in [1.807, 2.05) is 12.1 Å². The molecular formula is C10H10Cl2O2. The first-order valence-electron chi connectivity index (χ1n) is 4.10. The third kappa shape index (κ3) is 2.89. The predicted molar refractivity (Wildman–Crippen MR) is 56.7 cm³/mol. The molecule has 14 heavy (non-hydrogen) atoms. The van der Waals surface area contributed by atoms with E-state index >= 15 is 0 Å². The minimum absolute atomic E-state index is 0.127. The number of alkyl halides is 1. The Hall–Kier alpha value is -0.730. The number of carbonyl (C=O) groups is 1. The number of hydrogen-bond donors (Lipinski definition) is 0. The number of ether oxygens (including phenoxy) is 1. The fourth-order valence-corrected chi connectivity index (χ4v) is 1.71. The number of rotatable bonds is 3. The van der Waals surface area contributed by atoms with Gasteiger partial charge in [-0.15, -0.1) is 11.6 Å². The van der Waals surface area contributed by atoms with Crippen LogP contribution in [-0.4, -0.2) is 13.1 Å². The second-order valence-electron chi connectivity index (χ2n) is 2.77. The Morgan fingerprint density at radius 1 is 1.50 bits per heavy atom. The second-order valence-corrected chi connectivity index (χ2v) is 3.70. The Balaban J connectivity index is 2.74. The van der Waals surface area contributed by atoms with Crippen LogP contribution in [0.15, 0.2) is 24.3 Å². The van der Waals surface area contributed by atoms with Gasteiger partial charge in [-0.3, -0.25) is 4.79 Å². The van der Waals surface area contributed by atoms with Crippen molar-refractivity contribution in [1.29, 1.82) is 0 Å². The van der Waals surface area contributed by atoms with Crippen molar-refractivity contribution in [2.75, 3.05) is 7.11 Å². The molecule has 1 atom stereocenters. The molecule has 0 aliphatic carbocycles. The van der Waals surface area contributed by atoms with Crippen LogP contribution in [0.2, 0.25) is 5.02 Å². The van der Waals surface area contributed by atoms with Crippen molar-refractivity contribution in [2.24, 2.45) is 0 Å². The molecule has 0 saturated heterocycles. The third-order valence-corrected chi connectivity index (χ3v) is 2.55. The van der Waals surface area contributed by atoms with Crippen LogP contribution >= 0.6 is 23.2 Å². The summed E-state index contributed by atoms with van der Waals surface area (Å²) in [5.41, 5.74) is 0.751. The maximum atomic E-state index is 11.0. The van der Waals surface area contributed by atoms with Gasteiger partial charge in [0.05, 0.1) is 18.9 Å². The van der Waals surface area contributed by atoms with E-state index in [0.29, 0.717) is 5.02 Å². The number of halogens is 2. The summed E-state index contributed by atoms with van der Waals surface area (Å²) < 4.78 is 4.52. The van der Waals surface area contributed by atoms with E-state index in [9.17, 15) is 4.79 Å². The van der Waals surface area contributed by atoms with Crippen molar-refractivity contribution in [3.63, 3.8) is 0 Å². The Labute approximate surface area is 92.8 Å². The van der Waals surface area contributed by atoms with Crippen molar-refractivity contribution >= 4 is 29.2 Å². The van der Waals surface area contributed by atoms with E-state index in [1.54, 1.807) is 12.1 Å². The fourth-order valence-electron chi connectivity index (χ4n) is 1.07. The van der Waals surface area contributed by atoms with Gasteiger partial charge in [-0.1, -0.05) is 29.8 Å². The topological polar surface area (TPSA) is 26.3 Å². The number of carbonyl (C=O) groups excluding carboxylic acids is 1. The monoisotopic (exact) mass is 232 g/mol. The summed E-state index contributed by atoms with van der Waals surface area (Å²) in [4.78, 5) is 11.0. The lowest BCUT2D eigenvalue weighted by molar-refractivity contribution is -0.140. The summed E-state index contributed by atoms with van der Waals surface area (Å²) in [6.45, 7) is 0. The van der Waals surface area contributed by atoms with E-state index in [1.165, 1.54) is 7.11 Å². The Kier molecular flexibility index (Phi) is 4.23. The number of hydrogen-bond acceptors (Lipinski definition) is 2. The molecule has 0 spiro atoms. The molecule has 0 saturated carbocycles. The van der Waals surface area contributed by atoms with Gasteiger partial charge >= 0.3 is 5.97 Å². The van der Waals surface area contributed by atoms with Crippen LogP contribution in [0, 0.1) is 0 Å². The normalized spacial score (nSPS) is 12.2. The SMILES string of the molecule is COC(=O)CC(Cl)c1ccccc1Cl. The molecule has 0 N–H and O–H groups in total. The molecule has 0 aromatic heterocycles. The summed E-state index contributed by atoms with van der Waals surface area (Å²) in [6.07, 6.45) is 0.127. The van der Waals surface area contributed by atoms with Crippen LogP contribution in [0.25, 0.3) is 0 Å². The van der Waals surface area contributed by atoms with Gasteiger partial charge in [-0.05, 0) is 11.6 Å². The first-order chi connectivity index (χ1) is 6.65. The van der Waals surface area contributed by atoms with Crippen LogP contribution in [-0.2, 0) is 9.53 Å². The molecule has 0 fully saturated rings. The van der Waals surface area contributed by atoms with Gasteiger partial charge in [-0.2, -0.15) is 0 Å². The summed E-state index contributed by atoms with van der Waals surface area (Å²) >= 11 is 11.9. The van der Waals surface area contributed by atoms with Crippen LogP contribution < -0.4 is 0 Å². The maximum Gasteiger partial charge on any atom is 0.307 e. The van der Waals surface area contributed by atoms with Crippen molar-refractivity contribution in [2.45, 2.75) is 11.8 Å². The van der Waals surface area contributed by atoms with E-state index in [4.69, 9.17) is 23.2 Å². The molecule has 76 valence electrons. The highest BCUT2D eigenvalue weighted by Gasteiger charge is 2.15. The highest BCUT2D eigenvalue weighted by atomic mass is 35.5. The average Bonchev–Trinajstić information content (AvgIpc) is 2.18. The maximum absolute atomic E-state index is 11.0. The lowest BCUT2D eigenvalue weighted by Gasteiger charge is -2.09. The largest absolute Gasteiger partial charge is 0.469 e. The van der Waals surface area contributed by atoms with Crippen molar-refractivity contribution in [1.82, 2.24) is 0 Å². The molecule has 0 bridgehead atoms. The van der Waals surface area contributed by atoms with E-state index in [-0.39, 0.29) is 12.4 Å². The Morgan fingerprint density at radius 3 is 2.71 bits per heavy atom. The van der Waals surface area contributed by atoms with Crippen LogP contribution in [0.3, 0.4) is 0 Å². The van der Waals surface area contributed by atoms with Crippen LogP contribution in [0.1, 0.15) is 17.4 Å². The zero-order valence-electron chi connectivity index (χ0n) is 7.67. The average molecular weight is 233 g/mol. The van der Waals surface area contributed by atoms with Gasteiger partial charge in [0, 0.05) is 5.02 Å². The Bertz CT molecular complexity index is 326. The van der Waals surface area contributed by atoms with Gasteiger partial charge < -0.3 is 4.74 Å². The van der Waals surface area contributed by atoms with Crippen molar-refractivity contribution in [3.05, 3.63) is 34.9 Å². The summed E-state index contributed by atoms with van der Waals surface area (Å²) in [5.74, 6) is -0.343. The molecule has 2 nitrogen and oxygen atoms in total. The first-order valence-corrected chi connectivity index (χ1v) is 4.92. The van der Waals surface area contributed by atoms with E-state index in [0.717, 1.165) is 5.56 Å². The highest BCUT2D eigenvalue weighted by Crippen LogP contribution is 2.30. The summed E-state index contributed by atoms with van der Waals surface area (Å²) in [7, 11) is 1.33. The quantitative estimate of drug-likeness (QED) is 0.592. The molecule has 1 unspecified atom stereocenters. The minimum Gasteiger partial charge on any atom is -0.469 e. The van der Waals surface area contributed by atoms with Gasteiger partial charge in [-0.25, -0.2) is 0 Å². The first kappa shape index (κ1) is 11.3. The van der Waals surface area contributed by atoms with Crippen LogP contribution in [0.4, 0.5) is 0 Å². The molecule has 0 heterocycles. The molecule has 1 aromatic rings. The molecule has 0 radical (unpaired) electrons. The fraction of sp³-hybridized carbons (Fsp3) is 0.300. The zero-order valence-corrected chi connectivity index (χ0v) is 9.18. The molecular weight excluding hydrogens is 223 g/mol. The third-order valence-electron chi connectivity index (χ3n) is 1.82. The lowest BCUT2D eigenvalue weighted by Crippen LogP contribution is -2.04. The van der Waals surface area contributed by atoms with Crippen molar-refractivity contribution < 1.29 is 9.53 Å². The second kappa shape index (κ2) is 5.23. The standard InChI is InChI=1S/C10H10Cl2O2/c1-14-10(13)6-9(12)7-4-2-3-5-8(7)11/h2-5,9H,6H2,1H3. The predicted octanol–water partition coefficient (Wildman–Crippen LogP) is 3.18. The number of benzene rings is 1. The molecule has 4 heteroatoms. The van der Waals surface area contributed by atoms with E-state index in [2.05, 4.69) is 4.74 Å². The summed E-state index contributed by atoms with van der Waals surface area (Å²) in [6, 6.07) is 7.17. The molecule has 0 amide bonds. The number of esters is 1. The Morgan fingerprint density at radius 2 is 2.14 bits per heavy atom. The molecule has 1 rings (SSSR count).